The first-order valence-electron chi connectivity index (χ1n) is 10.9. The maximum atomic E-state index is 2.56. The maximum Gasteiger partial charge on any atom is -0.147 e. The van der Waals surface area contributed by atoms with Crippen molar-refractivity contribution in [3.05, 3.63) is 64.7 Å². The van der Waals surface area contributed by atoms with Crippen LogP contribution >= 0.6 is 24.8 Å². The molecule has 4 rings (SSSR count). The quantitative estimate of drug-likeness (QED) is 0.356. The molecule has 0 radical (unpaired) electrons. The third-order valence-electron chi connectivity index (χ3n) is 6.45. The van der Waals surface area contributed by atoms with Gasteiger partial charge in [0.1, 0.15) is 0 Å². The van der Waals surface area contributed by atoms with Gasteiger partial charge >= 0.3 is 181 Å². The Morgan fingerprint density at radius 3 is 2.24 bits per heavy atom. The van der Waals surface area contributed by atoms with Crippen molar-refractivity contribution in [3.63, 3.8) is 0 Å². The minimum atomic E-state index is 0. The van der Waals surface area contributed by atoms with Crippen LogP contribution in [0.1, 0.15) is 78.6 Å². The average molecular weight is 508 g/mol. The van der Waals surface area contributed by atoms with Crippen LogP contribution in [-0.4, -0.2) is 0 Å². The molecular weight excluding hydrogens is 474 g/mol. The van der Waals surface area contributed by atoms with Crippen LogP contribution in [0.2, 0.25) is 0 Å². The summed E-state index contributed by atoms with van der Waals surface area (Å²) in [6, 6.07) is 16.3. The van der Waals surface area contributed by atoms with Crippen LogP contribution in [0.25, 0.3) is 17.2 Å². The fraction of sp³-hybridized carbons (Fsp3) is 0.462. The van der Waals surface area contributed by atoms with Gasteiger partial charge in [0, 0.05) is 0 Å². The second-order valence-electron chi connectivity index (χ2n) is 8.47. The molecule has 0 heterocycles. The molecule has 1 saturated carbocycles. The fourth-order valence-corrected chi connectivity index (χ4v) is 6.05. The maximum absolute atomic E-state index is 2.56. The smallest absolute Gasteiger partial charge is 0.147 e. The normalized spacial score (nSPS) is 18.8. The van der Waals surface area contributed by atoms with Crippen molar-refractivity contribution in [2.45, 2.75) is 68.3 Å². The molecule has 1 fully saturated rings. The molecule has 2 aliphatic carbocycles. The SMILES string of the molecule is CCCc1ccc(-c2cccc3c2C=C(CC2CCCCCC2)[CH]3[Zr])cc1.Cl.Cl. The monoisotopic (exact) mass is 505 g/mol. The number of hydrogen-bond acceptors (Lipinski definition) is 0. The molecule has 0 saturated heterocycles. The molecule has 0 bridgehead atoms. The second kappa shape index (κ2) is 11.9. The van der Waals surface area contributed by atoms with E-state index in [1.165, 1.54) is 80.0 Å². The summed E-state index contributed by atoms with van der Waals surface area (Å²) in [6.07, 6.45) is 15.0. The van der Waals surface area contributed by atoms with E-state index in [0.717, 1.165) is 5.92 Å². The van der Waals surface area contributed by atoms with Crippen molar-refractivity contribution in [1.29, 1.82) is 0 Å². The number of allylic oxidation sites excluding steroid dienone is 1. The largest absolute Gasteiger partial charge is 0.147 e. The van der Waals surface area contributed by atoms with Gasteiger partial charge in [-0.25, -0.2) is 0 Å². The summed E-state index contributed by atoms with van der Waals surface area (Å²) in [5.41, 5.74) is 9.06. The van der Waals surface area contributed by atoms with Gasteiger partial charge < -0.3 is 0 Å². The zero-order chi connectivity index (χ0) is 18.6. The molecule has 29 heavy (non-hydrogen) atoms. The van der Waals surface area contributed by atoms with Gasteiger partial charge in [0.2, 0.25) is 0 Å². The van der Waals surface area contributed by atoms with Gasteiger partial charge in [0.05, 0.1) is 0 Å². The third-order valence-corrected chi connectivity index (χ3v) is 8.13. The van der Waals surface area contributed by atoms with Crippen molar-refractivity contribution in [1.82, 2.24) is 0 Å². The van der Waals surface area contributed by atoms with Gasteiger partial charge in [0.25, 0.3) is 0 Å². The molecule has 0 aromatic heterocycles. The van der Waals surface area contributed by atoms with Crippen LogP contribution in [-0.2, 0) is 31.1 Å². The zero-order valence-corrected chi connectivity index (χ0v) is 21.5. The van der Waals surface area contributed by atoms with Gasteiger partial charge in [-0.15, -0.1) is 24.8 Å². The van der Waals surface area contributed by atoms with Crippen molar-refractivity contribution in [2.75, 3.05) is 0 Å². The molecule has 155 valence electrons. The predicted octanol–water partition coefficient (Wildman–Crippen LogP) is 8.50. The van der Waals surface area contributed by atoms with Crippen LogP contribution in [0.15, 0.2) is 48.0 Å². The van der Waals surface area contributed by atoms with Crippen molar-refractivity contribution in [2.24, 2.45) is 5.92 Å². The van der Waals surface area contributed by atoms with Crippen molar-refractivity contribution < 1.29 is 24.7 Å². The van der Waals surface area contributed by atoms with E-state index in [9.17, 15) is 0 Å². The summed E-state index contributed by atoms with van der Waals surface area (Å²) < 4.78 is 0.676. The average Bonchev–Trinajstić information content (AvgIpc) is 2.86. The molecule has 0 nitrogen and oxygen atoms in total. The van der Waals surface area contributed by atoms with E-state index >= 15 is 0 Å². The molecule has 0 spiro atoms. The summed E-state index contributed by atoms with van der Waals surface area (Å²) >= 11 is 1.65. The van der Waals surface area contributed by atoms with Crippen LogP contribution in [0, 0.1) is 5.92 Å². The fourth-order valence-electron chi connectivity index (χ4n) is 4.93. The molecule has 1 atom stereocenters. The molecule has 2 aromatic rings. The molecule has 0 N–H and O–H groups in total. The Morgan fingerprint density at radius 1 is 0.897 bits per heavy atom. The van der Waals surface area contributed by atoms with Crippen molar-refractivity contribution >= 4 is 30.9 Å². The summed E-state index contributed by atoms with van der Waals surface area (Å²) in [6.45, 7) is 2.25. The Hall–Kier alpha value is -0.357. The first-order chi connectivity index (χ1) is 13.3. The third kappa shape index (κ3) is 5.87. The van der Waals surface area contributed by atoms with Crippen LogP contribution in [0.5, 0.6) is 0 Å². The Labute approximate surface area is 204 Å². The number of hydrogen-bond donors (Lipinski definition) is 0. The van der Waals surface area contributed by atoms with E-state index in [1.54, 1.807) is 35.9 Å². The van der Waals surface area contributed by atoms with E-state index in [1.807, 2.05) is 0 Å². The van der Waals surface area contributed by atoms with Gasteiger partial charge in [-0.1, -0.05) is 0 Å². The first kappa shape index (κ1) is 24.9. The number of rotatable bonds is 5. The Kier molecular flexibility index (Phi) is 10.2. The second-order valence-corrected chi connectivity index (χ2v) is 9.89. The van der Waals surface area contributed by atoms with E-state index in [-0.39, 0.29) is 24.8 Å². The topological polar surface area (TPSA) is 0 Å². The van der Waals surface area contributed by atoms with E-state index in [4.69, 9.17) is 0 Å². The predicted molar refractivity (Wildman–Crippen MR) is 127 cm³/mol. The number of fused-ring (bicyclic) bond motifs is 1. The number of halogens is 2. The summed E-state index contributed by atoms with van der Waals surface area (Å²) in [5, 5.41) is 0. The van der Waals surface area contributed by atoms with Crippen molar-refractivity contribution in [3.8, 4) is 11.1 Å². The van der Waals surface area contributed by atoms with Crippen LogP contribution in [0.4, 0.5) is 0 Å². The Bertz CT molecular complexity index is 802. The standard InChI is InChI=1S/C26H31.2ClH.Zr/c1-2-8-20-13-15-23(16-14-20)25-12-7-11-24-18-22(19-26(24)25)17-21-9-5-3-4-6-10-21;;;/h7,11-16,18-19,21H,2-6,8-10,17H2,1H3;2*1H;. The van der Waals surface area contributed by atoms with E-state index in [0.29, 0.717) is 3.63 Å². The Balaban J connectivity index is 0.00000150. The Morgan fingerprint density at radius 2 is 1.59 bits per heavy atom. The molecule has 3 heteroatoms. The minimum Gasteiger partial charge on any atom is -0.147 e. The molecule has 0 amide bonds. The molecular formula is C26H33Cl2Zr. The molecule has 2 aromatic carbocycles. The molecule has 1 unspecified atom stereocenters. The summed E-state index contributed by atoms with van der Waals surface area (Å²) in [5.74, 6) is 0.924. The minimum absolute atomic E-state index is 0. The summed E-state index contributed by atoms with van der Waals surface area (Å²) in [7, 11) is 0. The molecule has 2 aliphatic rings. The first-order valence-corrected chi connectivity index (χ1v) is 12.3. The molecule has 0 aliphatic heterocycles. The van der Waals surface area contributed by atoms with Gasteiger partial charge in [-0.3, -0.25) is 0 Å². The number of aryl methyl sites for hydroxylation is 1. The summed E-state index contributed by atoms with van der Waals surface area (Å²) in [4.78, 5) is 0. The van der Waals surface area contributed by atoms with Gasteiger partial charge in [-0.2, -0.15) is 0 Å². The van der Waals surface area contributed by atoms with E-state index < -0.39 is 0 Å². The van der Waals surface area contributed by atoms with Gasteiger partial charge in [0.15, 0.2) is 0 Å². The number of benzene rings is 2. The van der Waals surface area contributed by atoms with E-state index in [2.05, 4.69) is 55.5 Å². The van der Waals surface area contributed by atoms with Crippen LogP contribution < -0.4 is 0 Å². The van der Waals surface area contributed by atoms with Gasteiger partial charge in [-0.05, 0) is 0 Å². The van der Waals surface area contributed by atoms with Crippen LogP contribution in [0.3, 0.4) is 0 Å². The zero-order valence-electron chi connectivity index (χ0n) is 17.5.